The molecular formula is C11H14N2O5. The van der Waals surface area contributed by atoms with Crippen LogP contribution in [-0.2, 0) is 0 Å². The van der Waals surface area contributed by atoms with Crippen molar-refractivity contribution in [3.05, 3.63) is 37.4 Å². The van der Waals surface area contributed by atoms with Crippen molar-refractivity contribution < 1.29 is 15.0 Å². The van der Waals surface area contributed by atoms with Crippen LogP contribution in [0.15, 0.2) is 6.07 Å². The summed E-state index contributed by atoms with van der Waals surface area (Å²) in [5.74, 6) is -0.666. The summed E-state index contributed by atoms with van der Waals surface area (Å²) >= 11 is 0. The van der Waals surface area contributed by atoms with Crippen LogP contribution in [0.3, 0.4) is 0 Å². The van der Waals surface area contributed by atoms with Crippen LogP contribution in [0, 0.1) is 27.2 Å². The summed E-state index contributed by atoms with van der Waals surface area (Å²) in [6.45, 7) is 4.84. The number of nitrogens with zero attached hydrogens (tertiary/aromatic N) is 2. The second kappa shape index (κ2) is 4.99. The molecule has 0 aliphatic rings. The highest BCUT2D eigenvalue weighted by Gasteiger charge is 2.30. The molecule has 0 aromatic heterocycles. The molecule has 1 atom stereocenters. The normalized spacial score (nSPS) is 12.2. The van der Waals surface area contributed by atoms with E-state index in [1.54, 1.807) is 6.92 Å². The highest BCUT2D eigenvalue weighted by Crippen LogP contribution is 2.42. The first-order chi connectivity index (χ1) is 8.31. The van der Waals surface area contributed by atoms with Crippen molar-refractivity contribution >= 4 is 11.4 Å². The van der Waals surface area contributed by atoms with E-state index in [0.717, 1.165) is 0 Å². The van der Waals surface area contributed by atoms with Crippen molar-refractivity contribution in [2.24, 2.45) is 0 Å². The lowest BCUT2D eigenvalue weighted by Gasteiger charge is -2.12. The van der Waals surface area contributed by atoms with Gasteiger partial charge in [-0.05, 0) is 19.3 Å². The molecule has 0 aliphatic carbocycles. The Morgan fingerprint density at radius 3 is 2.28 bits per heavy atom. The van der Waals surface area contributed by atoms with E-state index < -0.39 is 21.3 Å². The summed E-state index contributed by atoms with van der Waals surface area (Å²) in [5.41, 5.74) is -0.814. The number of aromatic hydroxyl groups is 1. The van der Waals surface area contributed by atoms with E-state index in [2.05, 4.69) is 0 Å². The largest absolute Gasteiger partial charge is 0.502 e. The van der Waals surface area contributed by atoms with Crippen LogP contribution in [-0.4, -0.2) is 15.0 Å². The standard InChI is InChI=1S/C11H14N2O5/c1-4-6(2)8-5-9(12(15)16)7(3)10(11(8)14)13(17)18/h5-6,14H,4H2,1-3H3. The van der Waals surface area contributed by atoms with E-state index in [1.807, 2.05) is 6.92 Å². The second-order valence-electron chi connectivity index (χ2n) is 4.13. The zero-order chi connectivity index (χ0) is 14.0. The molecule has 1 rings (SSSR count). The maximum Gasteiger partial charge on any atom is 0.320 e. The van der Waals surface area contributed by atoms with Crippen LogP contribution in [0.5, 0.6) is 5.75 Å². The average molecular weight is 254 g/mol. The molecule has 1 aromatic carbocycles. The van der Waals surface area contributed by atoms with E-state index in [-0.39, 0.29) is 22.7 Å². The lowest BCUT2D eigenvalue weighted by Crippen LogP contribution is -2.02. The molecule has 0 saturated heterocycles. The van der Waals surface area contributed by atoms with Crippen LogP contribution < -0.4 is 0 Å². The van der Waals surface area contributed by atoms with Gasteiger partial charge in [-0.3, -0.25) is 20.2 Å². The second-order valence-corrected chi connectivity index (χ2v) is 4.13. The third-order valence-electron chi connectivity index (χ3n) is 3.05. The van der Waals surface area contributed by atoms with Gasteiger partial charge in [0.2, 0.25) is 0 Å². The summed E-state index contributed by atoms with van der Waals surface area (Å²) in [6.07, 6.45) is 0.616. The third kappa shape index (κ3) is 2.24. The third-order valence-corrected chi connectivity index (χ3v) is 3.05. The summed E-state index contributed by atoms with van der Waals surface area (Å²) in [6, 6.07) is 1.21. The van der Waals surface area contributed by atoms with E-state index >= 15 is 0 Å². The fourth-order valence-electron chi connectivity index (χ4n) is 1.77. The lowest BCUT2D eigenvalue weighted by molar-refractivity contribution is -0.396. The zero-order valence-corrected chi connectivity index (χ0v) is 10.3. The monoisotopic (exact) mass is 254 g/mol. The minimum Gasteiger partial charge on any atom is -0.502 e. The van der Waals surface area contributed by atoms with Crippen molar-refractivity contribution in [3.8, 4) is 5.75 Å². The Bertz CT molecular complexity index is 513. The van der Waals surface area contributed by atoms with Crippen molar-refractivity contribution in [1.82, 2.24) is 0 Å². The molecule has 18 heavy (non-hydrogen) atoms. The number of rotatable bonds is 4. The Morgan fingerprint density at radius 1 is 1.33 bits per heavy atom. The van der Waals surface area contributed by atoms with Crippen molar-refractivity contribution in [1.29, 1.82) is 0 Å². The zero-order valence-electron chi connectivity index (χ0n) is 10.3. The molecule has 0 heterocycles. The van der Waals surface area contributed by atoms with Crippen LogP contribution in [0.25, 0.3) is 0 Å². The summed E-state index contributed by atoms with van der Waals surface area (Å²) in [7, 11) is 0. The average Bonchev–Trinajstić information content (AvgIpc) is 2.27. The minimum absolute atomic E-state index is 0.130. The predicted molar refractivity (Wildman–Crippen MR) is 64.9 cm³/mol. The smallest absolute Gasteiger partial charge is 0.320 e. The fourth-order valence-corrected chi connectivity index (χ4v) is 1.77. The molecule has 0 aliphatic heterocycles. The summed E-state index contributed by atoms with van der Waals surface area (Å²) < 4.78 is 0. The first kappa shape index (κ1) is 13.9. The Hall–Kier alpha value is -2.18. The molecule has 0 saturated carbocycles. The van der Waals surface area contributed by atoms with Gasteiger partial charge >= 0.3 is 5.69 Å². The summed E-state index contributed by atoms with van der Waals surface area (Å²) in [5, 5.41) is 31.7. The number of hydrogen-bond donors (Lipinski definition) is 1. The first-order valence-electron chi connectivity index (χ1n) is 5.46. The number of nitro groups is 2. The Kier molecular flexibility index (Phi) is 3.85. The Labute approximate surface area is 103 Å². The topological polar surface area (TPSA) is 107 Å². The molecule has 7 heteroatoms. The molecule has 1 N–H and O–H groups in total. The highest BCUT2D eigenvalue weighted by molar-refractivity contribution is 5.65. The molecule has 0 fully saturated rings. The number of nitro benzene ring substituents is 2. The molecule has 1 unspecified atom stereocenters. The quantitative estimate of drug-likeness (QED) is 0.656. The molecule has 0 spiro atoms. The molecular weight excluding hydrogens is 240 g/mol. The summed E-state index contributed by atoms with van der Waals surface area (Å²) in [4.78, 5) is 20.3. The van der Waals surface area contributed by atoms with Crippen molar-refractivity contribution in [3.63, 3.8) is 0 Å². The molecule has 7 nitrogen and oxygen atoms in total. The van der Waals surface area contributed by atoms with Gasteiger partial charge < -0.3 is 5.11 Å². The number of benzene rings is 1. The van der Waals surface area contributed by atoms with Gasteiger partial charge in [-0.15, -0.1) is 0 Å². The molecule has 0 amide bonds. The van der Waals surface area contributed by atoms with Crippen LogP contribution in [0.2, 0.25) is 0 Å². The lowest BCUT2D eigenvalue weighted by atomic mass is 9.94. The first-order valence-corrected chi connectivity index (χ1v) is 5.46. The van der Waals surface area contributed by atoms with Gasteiger partial charge in [0, 0.05) is 11.6 Å². The van der Waals surface area contributed by atoms with E-state index in [0.29, 0.717) is 6.42 Å². The van der Waals surface area contributed by atoms with Gasteiger partial charge in [0.1, 0.15) is 5.56 Å². The van der Waals surface area contributed by atoms with Crippen LogP contribution >= 0.6 is 0 Å². The van der Waals surface area contributed by atoms with E-state index in [4.69, 9.17) is 0 Å². The Balaban J connectivity index is 3.66. The van der Waals surface area contributed by atoms with E-state index in [1.165, 1.54) is 13.0 Å². The number of phenols is 1. The minimum atomic E-state index is -0.788. The number of phenolic OH excluding ortho intramolecular Hbond substituents is 1. The van der Waals surface area contributed by atoms with Crippen LogP contribution in [0.1, 0.15) is 37.3 Å². The molecule has 0 radical (unpaired) electrons. The fraction of sp³-hybridized carbons (Fsp3) is 0.455. The van der Waals surface area contributed by atoms with Gasteiger partial charge in [-0.25, -0.2) is 0 Å². The molecule has 1 aromatic rings. The molecule has 0 bridgehead atoms. The number of hydrogen-bond acceptors (Lipinski definition) is 5. The van der Waals surface area contributed by atoms with E-state index in [9.17, 15) is 25.3 Å². The van der Waals surface area contributed by atoms with Crippen molar-refractivity contribution in [2.45, 2.75) is 33.1 Å². The highest BCUT2D eigenvalue weighted by atomic mass is 16.6. The Morgan fingerprint density at radius 2 is 1.89 bits per heavy atom. The van der Waals surface area contributed by atoms with Gasteiger partial charge in [0.25, 0.3) is 5.69 Å². The molecule has 98 valence electrons. The maximum atomic E-state index is 10.9. The van der Waals surface area contributed by atoms with Gasteiger partial charge in [0.05, 0.1) is 9.85 Å². The van der Waals surface area contributed by atoms with Gasteiger partial charge in [0.15, 0.2) is 5.75 Å². The van der Waals surface area contributed by atoms with Crippen molar-refractivity contribution in [2.75, 3.05) is 0 Å². The SMILES string of the molecule is CCC(C)c1cc([N+](=O)[O-])c(C)c([N+](=O)[O-])c1O. The van der Waals surface area contributed by atoms with Crippen LogP contribution in [0.4, 0.5) is 11.4 Å². The predicted octanol–water partition coefficient (Wildman–Crippen LogP) is 3.03. The maximum absolute atomic E-state index is 10.9. The van der Waals surface area contributed by atoms with Gasteiger partial charge in [-0.1, -0.05) is 13.8 Å². The van der Waals surface area contributed by atoms with Gasteiger partial charge in [-0.2, -0.15) is 0 Å².